The highest BCUT2D eigenvalue weighted by atomic mass is 19.4. The Morgan fingerprint density at radius 1 is 1.24 bits per heavy atom. The Bertz CT molecular complexity index is 550. The Morgan fingerprint density at radius 2 is 1.76 bits per heavy atom. The molecule has 0 aromatic heterocycles. The zero-order valence-corrected chi connectivity index (χ0v) is 11.5. The summed E-state index contributed by atoms with van der Waals surface area (Å²) >= 11 is 0. The SMILES string of the molecule is COC(=O)C(C(=N)Cc1ccc(C(F)(F)F)cc1)C(C)=O. The number of Topliss-reactive ketones (excluding diaryl/α,β-unsaturated/α-hetero) is 1. The molecule has 0 aliphatic heterocycles. The summed E-state index contributed by atoms with van der Waals surface area (Å²) in [6.45, 7) is 1.16. The van der Waals surface area contributed by atoms with Gasteiger partial charge in [0.2, 0.25) is 0 Å². The second kappa shape index (κ2) is 6.51. The second-order valence-electron chi connectivity index (χ2n) is 4.46. The third-order valence-electron chi connectivity index (χ3n) is 2.87. The molecule has 0 spiro atoms. The fraction of sp³-hybridized carbons (Fsp3) is 0.357. The van der Waals surface area contributed by atoms with Crippen molar-refractivity contribution in [2.24, 2.45) is 5.92 Å². The molecule has 1 aromatic rings. The number of hydrogen-bond acceptors (Lipinski definition) is 4. The van der Waals surface area contributed by atoms with Gasteiger partial charge in [0.1, 0.15) is 5.78 Å². The van der Waals surface area contributed by atoms with Gasteiger partial charge in [0, 0.05) is 12.1 Å². The number of halogens is 3. The molecular formula is C14H14F3NO3. The summed E-state index contributed by atoms with van der Waals surface area (Å²) in [6.07, 6.45) is -4.53. The van der Waals surface area contributed by atoms with Gasteiger partial charge in [-0.2, -0.15) is 13.2 Å². The maximum atomic E-state index is 12.4. The van der Waals surface area contributed by atoms with Crippen LogP contribution in [0.4, 0.5) is 13.2 Å². The number of benzene rings is 1. The first-order chi connectivity index (χ1) is 9.66. The first kappa shape index (κ1) is 16.9. The van der Waals surface area contributed by atoms with E-state index >= 15 is 0 Å². The predicted molar refractivity (Wildman–Crippen MR) is 69.1 cm³/mol. The van der Waals surface area contributed by atoms with Crippen molar-refractivity contribution >= 4 is 17.5 Å². The van der Waals surface area contributed by atoms with Crippen LogP contribution in [0.2, 0.25) is 0 Å². The largest absolute Gasteiger partial charge is 0.468 e. The number of esters is 1. The molecule has 114 valence electrons. The van der Waals surface area contributed by atoms with Crippen molar-refractivity contribution in [2.45, 2.75) is 19.5 Å². The number of hydrogen-bond donors (Lipinski definition) is 1. The van der Waals surface area contributed by atoms with Crippen molar-refractivity contribution in [3.63, 3.8) is 0 Å². The van der Waals surface area contributed by atoms with Crippen LogP contribution in [0.5, 0.6) is 0 Å². The van der Waals surface area contributed by atoms with E-state index in [4.69, 9.17) is 5.41 Å². The van der Waals surface area contributed by atoms with Crippen molar-refractivity contribution in [3.8, 4) is 0 Å². The number of ketones is 1. The van der Waals surface area contributed by atoms with Gasteiger partial charge in [0.05, 0.1) is 12.7 Å². The Hall–Kier alpha value is -2.18. The average Bonchev–Trinajstić information content (AvgIpc) is 2.37. The van der Waals surface area contributed by atoms with Crippen LogP contribution in [0.1, 0.15) is 18.1 Å². The molecular weight excluding hydrogens is 287 g/mol. The molecule has 1 rings (SSSR count). The first-order valence-electron chi connectivity index (χ1n) is 5.98. The Labute approximate surface area is 119 Å². The Kier molecular flexibility index (Phi) is 5.23. The third-order valence-corrected chi connectivity index (χ3v) is 2.87. The summed E-state index contributed by atoms with van der Waals surface area (Å²) in [5.41, 5.74) is -0.605. The topological polar surface area (TPSA) is 67.2 Å². The molecule has 0 aliphatic rings. The molecule has 1 N–H and O–H groups in total. The van der Waals surface area contributed by atoms with Gasteiger partial charge in [-0.15, -0.1) is 0 Å². The lowest BCUT2D eigenvalue weighted by Crippen LogP contribution is -2.32. The Balaban J connectivity index is 2.87. The number of alkyl halides is 3. The molecule has 0 bridgehead atoms. The smallest absolute Gasteiger partial charge is 0.416 e. The van der Waals surface area contributed by atoms with Gasteiger partial charge in [0.15, 0.2) is 5.92 Å². The molecule has 4 nitrogen and oxygen atoms in total. The van der Waals surface area contributed by atoms with Gasteiger partial charge in [-0.1, -0.05) is 12.1 Å². The third kappa shape index (κ3) is 4.40. The van der Waals surface area contributed by atoms with Crippen molar-refractivity contribution in [1.29, 1.82) is 5.41 Å². The zero-order valence-electron chi connectivity index (χ0n) is 11.5. The van der Waals surface area contributed by atoms with Crippen molar-refractivity contribution in [2.75, 3.05) is 7.11 Å². The molecule has 1 aromatic carbocycles. The lowest BCUT2D eigenvalue weighted by molar-refractivity contribution is -0.146. The van der Waals surface area contributed by atoms with Gasteiger partial charge < -0.3 is 10.1 Å². The van der Waals surface area contributed by atoms with Crippen LogP contribution in [-0.4, -0.2) is 24.6 Å². The maximum Gasteiger partial charge on any atom is 0.416 e. The van der Waals surface area contributed by atoms with E-state index in [0.717, 1.165) is 26.2 Å². The minimum atomic E-state index is -4.43. The fourth-order valence-corrected chi connectivity index (χ4v) is 1.80. The van der Waals surface area contributed by atoms with Crippen LogP contribution in [-0.2, 0) is 26.9 Å². The minimum Gasteiger partial charge on any atom is -0.468 e. The van der Waals surface area contributed by atoms with Crippen LogP contribution >= 0.6 is 0 Å². The highest BCUT2D eigenvalue weighted by molar-refractivity contribution is 6.17. The molecule has 7 heteroatoms. The van der Waals surface area contributed by atoms with E-state index in [9.17, 15) is 22.8 Å². The normalized spacial score (nSPS) is 12.6. The number of methoxy groups -OCH3 is 1. The first-order valence-corrected chi connectivity index (χ1v) is 5.98. The molecule has 21 heavy (non-hydrogen) atoms. The summed E-state index contributed by atoms with van der Waals surface area (Å²) in [5, 5.41) is 7.78. The molecule has 0 saturated carbocycles. The van der Waals surface area contributed by atoms with E-state index in [-0.39, 0.29) is 12.1 Å². The molecule has 1 unspecified atom stereocenters. The van der Waals surface area contributed by atoms with Crippen molar-refractivity contribution < 1.29 is 27.5 Å². The molecule has 1 atom stereocenters. The molecule has 0 aliphatic carbocycles. The summed E-state index contributed by atoms with van der Waals surface area (Å²) < 4.78 is 41.7. The summed E-state index contributed by atoms with van der Waals surface area (Å²) in [4.78, 5) is 22.8. The predicted octanol–water partition coefficient (Wildman–Crippen LogP) is 2.65. The van der Waals surface area contributed by atoms with E-state index in [1.807, 2.05) is 0 Å². The summed E-state index contributed by atoms with van der Waals surface area (Å²) in [7, 11) is 1.10. The molecule has 0 fully saturated rings. The van der Waals surface area contributed by atoms with E-state index in [1.54, 1.807) is 0 Å². The van der Waals surface area contributed by atoms with Gasteiger partial charge in [-0.05, 0) is 24.6 Å². The van der Waals surface area contributed by atoms with Gasteiger partial charge >= 0.3 is 12.1 Å². The number of nitrogens with one attached hydrogen (secondary N) is 1. The quantitative estimate of drug-likeness (QED) is 0.516. The van der Waals surface area contributed by atoms with Crippen LogP contribution in [0.3, 0.4) is 0 Å². The van der Waals surface area contributed by atoms with E-state index in [2.05, 4.69) is 4.74 Å². The van der Waals surface area contributed by atoms with E-state index in [0.29, 0.717) is 5.56 Å². The molecule has 0 amide bonds. The zero-order chi connectivity index (χ0) is 16.2. The second-order valence-corrected chi connectivity index (χ2v) is 4.46. The Morgan fingerprint density at radius 3 is 2.14 bits per heavy atom. The molecule has 0 saturated heterocycles. The maximum absolute atomic E-state index is 12.4. The van der Waals surface area contributed by atoms with Gasteiger partial charge in [-0.3, -0.25) is 9.59 Å². The monoisotopic (exact) mass is 301 g/mol. The number of rotatable bonds is 5. The lowest BCUT2D eigenvalue weighted by atomic mass is 9.93. The van der Waals surface area contributed by atoms with E-state index in [1.165, 1.54) is 12.1 Å². The number of carbonyl (C=O) groups excluding carboxylic acids is 2. The van der Waals surface area contributed by atoms with Crippen LogP contribution in [0, 0.1) is 11.3 Å². The van der Waals surface area contributed by atoms with Gasteiger partial charge in [-0.25, -0.2) is 0 Å². The fourth-order valence-electron chi connectivity index (χ4n) is 1.80. The van der Waals surface area contributed by atoms with Crippen molar-refractivity contribution in [1.82, 2.24) is 0 Å². The highest BCUT2D eigenvalue weighted by Gasteiger charge is 2.31. The van der Waals surface area contributed by atoms with Crippen LogP contribution in [0.25, 0.3) is 0 Å². The van der Waals surface area contributed by atoms with Gasteiger partial charge in [0.25, 0.3) is 0 Å². The summed E-state index contributed by atoms with van der Waals surface area (Å²) in [6, 6.07) is 4.21. The molecule has 0 radical (unpaired) electrons. The minimum absolute atomic E-state index is 0.0997. The standard InChI is InChI=1S/C14H14F3NO3/c1-8(19)12(13(20)21-2)11(18)7-9-3-5-10(6-4-9)14(15,16)17/h3-6,12,18H,7H2,1-2H3. The van der Waals surface area contributed by atoms with E-state index < -0.39 is 29.4 Å². The highest BCUT2D eigenvalue weighted by Crippen LogP contribution is 2.29. The molecule has 0 heterocycles. The number of carbonyl (C=O) groups is 2. The summed E-state index contributed by atoms with van der Waals surface area (Å²) in [5.74, 6) is -2.71. The number of ether oxygens (including phenoxy) is 1. The lowest BCUT2D eigenvalue weighted by Gasteiger charge is -2.13. The van der Waals surface area contributed by atoms with Crippen LogP contribution < -0.4 is 0 Å². The van der Waals surface area contributed by atoms with Crippen molar-refractivity contribution in [3.05, 3.63) is 35.4 Å². The van der Waals surface area contributed by atoms with Crippen LogP contribution in [0.15, 0.2) is 24.3 Å². The average molecular weight is 301 g/mol.